The Kier molecular flexibility index (Phi) is 2.55. The van der Waals surface area contributed by atoms with Crippen LogP contribution in [0.1, 0.15) is 18.4 Å². The molecule has 1 aromatic rings. The minimum atomic E-state index is -1.52. The van der Waals surface area contributed by atoms with E-state index >= 15 is 0 Å². The number of halogens is 3. The van der Waals surface area contributed by atoms with Crippen molar-refractivity contribution in [1.29, 1.82) is 0 Å². The van der Waals surface area contributed by atoms with Gasteiger partial charge in [-0.15, -0.1) is 0 Å². The SMILES string of the molecule is O=C(O)C1=CN(C2CC2)c2c(cc(F)c(F)c2F)C1. The molecule has 1 aliphatic heterocycles. The molecule has 2 aliphatic rings. The zero-order valence-corrected chi connectivity index (χ0v) is 9.79. The summed E-state index contributed by atoms with van der Waals surface area (Å²) in [6.07, 6.45) is 2.77. The number of hydrogen-bond acceptors (Lipinski definition) is 2. The number of nitrogens with zero attached hydrogens (tertiary/aromatic N) is 1. The molecule has 0 aromatic heterocycles. The molecule has 1 saturated carbocycles. The number of anilines is 1. The fourth-order valence-corrected chi connectivity index (χ4v) is 2.30. The Balaban J connectivity index is 2.16. The lowest BCUT2D eigenvalue weighted by Gasteiger charge is -2.29. The van der Waals surface area contributed by atoms with Crippen molar-refractivity contribution < 1.29 is 23.1 Å². The van der Waals surface area contributed by atoms with Crippen LogP contribution in [0, 0.1) is 17.5 Å². The number of aliphatic carboxylic acids is 1. The third-order valence-corrected chi connectivity index (χ3v) is 3.36. The summed E-state index contributed by atoms with van der Waals surface area (Å²) < 4.78 is 40.4. The summed E-state index contributed by atoms with van der Waals surface area (Å²) in [5, 5.41) is 9.02. The van der Waals surface area contributed by atoms with Gasteiger partial charge in [0.2, 0.25) is 0 Å². The molecular formula is C13H10F3NO2. The number of fused-ring (bicyclic) bond motifs is 1. The molecule has 1 heterocycles. The number of carboxylic acids is 1. The molecule has 6 heteroatoms. The van der Waals surface area contributed by atoms with Gasteiger partial charge in [-0.3, -0.25) is 0 Å². The van der Waals surface area contributed by atoms with Crippen LogP contribution in [0.2, 0.25) is 0 Å². The smallest absolute Gasteiger partial charge is 0.333 e. The van der Waals surface area contributed by atoms with Gasteiger partial charge in [0.15, 0.2) is 17.5 Å². The molecule has 100 valence electrons. The fourth-order valence-electron chi connectivity index (χ4n) is 2.30. The van der Waals surface area contributed by atoms with Gasteiger partial charge in [-0.2, -0.15) is 0 Å². The molecule has 0 atom stereocenters. The highest BCUT2D eigenvalue weighted by molar-refractivity contribution is 5.89. The number of carbonyl (C=O) groups is 1. The van der Waals surface area contributed by atoms with Crippen molar-refractivity contribution in [3.8, 4) is 0 Å². The average Bonchev–Trinajstić information content (AvgIpc) is 3.18. The molecule has 1 N–H and O–H groups in total. The largest absolute Gasteiger partial charge is 0.478 e. The van der Waals surface area contributed by atoms with E-state index in [4.69, 9.17) is 5.11 Å². The van der Waals surface area contributed by atoms with Gasteiger partial charge in [-0.05, 0) is 24.5 Å². The van der Waals surface area contributed by atoms with Gasteiger partial charge in [-0.1, -0.05) is 0 Å². The standard InChI is InChI=1S/C13H10F3NO2/c14-9-4-6-3-7(13(18)19)5-17(8-1-2-8)12(6)11(16)10(9)15/h4-5,8H,1-3H2,(H,18,19). The first-order valence-electron chi connectivity index (χ1n) is 5.87. The Hall–Kier alpha value is -1.98. The molecule has 1 aliphatic carbocycles. The first-order valence-corrected chi connectivity index (χ1v) is 5.87. The Morgan fingerprint density at radius 1 is 1.26 bits per heavy atom. The lowest BCUT2D eigenvalue weighted by molar-refractivity contribution is -0.132. The summed E-state index contributed by atoms with van der Waals surface area (Å²) >= 11 is 0. The van der Waals surface area contributed by atoms with E-state index in [9.17, 15) is 18.0 Å². The predicted octanol–water partition coefficient (Wildman–Crippen LogP) is 2.60. The second-order valence-corrected chi connectivity index (χ2v) is 4.77. The molecule has 0 unspecified atom stereocenters. The van der Waals surface area contributed by atoms with Gasteiger partial charge in [0.05, 0.1) is 11.3 Å². The van der Waals surface area contributed by atoms with Gasteiger partial charge in [-0.25, -0.2) is 18.0 Å². The van der Waals surface area contributed by atoms with Crippen molar-refractivity contribution in [1.82, 2.24) is 0 Å². The summed E-state index contributed by atoms with van der Waals surface area (Å²) in [4.78, 5) is 12.4. The van der Waals surface area contributed by atoms with Gasteiger partial charge in [0.25, 0.3) is 0 Å². The Morgan fingerprint density at radius 3 is 2.53 bits per heavy atom. The quantitative estimate of drug-likeness (QED) is 0.839. The number of rotatable bonds is 2. The maximum Gasteiger partial charge on any atom is 0.333 e. The zero-order valence-electron chi connectivity index (χ0n) is 9.79. The molecule has 3 nitrogen and oxygen atoms in total. The highest BCUT2D eigenvalue weighted by atomic mass is 19.2. The monoisotopic (exact) mass is 269 g/mol. The van der Waals surface area contributed by atoms with E-state index in [1.807, 2.05) is 0 Å². The number of carboxylic acid groups (broad SMARTS) is 1. The summed E-state index contributed by atoms with van der Waals surface area (Å²) in [6, 6.07) is 0.840. The number of hydrogen-bond donors (Lipinski definition) is 1. The first-order chi connectivity index (χ1) is 8.99. The van der Waals surface area contributed by atoms with Crippen molar-refractivity contribution in [2.75, 3.05) is 4.90 Å². The Labute approximate surface area is 106 Å². The molecular weight excluding hydrogens is 259 g/mol. The van der Waals surface area contributed by atoms with Crippen molar-refractivity contribution in [2.24, 2.45) is 0 Å². The van der Waals surface area contributed by atoms with Gasteiger partial charge in [0.1, 0.15) is 0 Å². The molecule has 0 radical (unpaired) electrons. The van der Waals surface area contributed by atoms with Crippen LogP contribution in [0.5, 0.6) is 0 Å². The third kappa shape index (κ3) is 1.87. The summed E-state index contributed by atoms with van der Waals surface area (Å²) in [6.45, 7) is 0. The summed E-state index contributed by atoms with van der Waals surface area (Å²) in [5.41, 5.74) is 0.180. The van der Waals surface area contributed by atoms with Crippen LogP contribution in [0.25, 0.3) is 0 Å². The number of benzene rings is 1. The van der Waals surface area contributed by atoms with Crippen LogP contribution in [-0.2, 0) is 11.2 Å². The molecule has 0 bridgehead atoms. The average molecular weight is 269 g/mol. The molecule has 1 fully saturated rings. The van der Waals surface area contributed by atoms with Crippen LogP contribution in [0.4, 0.5) is 18.9 Å². The van der Waals surface area contributed by atoms with E-state index in [1.165, 1.54) is 11.1 Å². The van der Waals surface area contributed by atoms with Gasteiger partial charge < -0.3 is 10.0 Å². The van der Waals surface area contributed by atoms with Crippen LogP contribution >= 0.6 is 0 Å². The molecule has 1 aromatic carbocycles. The Morgan fingerprint density at radius 2 is 1.95 bits per heavy atom. The van der Waals surface area contributed by atoms with Crippen molar-refractivity contribution in [3.63, 3.8) is 0 Å². The normalized spacial score (nSPS) is 18.1. The van der Waals surface area contributed by atoms with E-state index in [1.54, 1.807) is 0 Å². The van der Waals surface area contributed by atoms with E-state index in [0.717, 1.165) is 18.9 Å². The van der Waals surface area contributed by atoms with Crippen molar-refractivity contribution in [3.05, 3.63) is 40.9 Å². The van der Waals surface area contributed by atoms with Crippen LogP contribution in [-0.4, -0.2) is 17.1 Å². The zero-order chi connectivity index (χ0) is 13.7. The summed E-state index contributed by atoms with van der Waals surface area (Å²) in [5.74, 6) is -5.20. The lowest BCUT2D eigenvalue weighted by Crippen LogP contribution is -2.28. The fraction of sp³-hybridized carbons (Fsp3) is 0.308. The molecule has 0 spiro atoms. The second-order valence-electron chi connectivity index (χ2n) is 4.77. The molecule has 0 saturated heterocycles. The van der Waals surface area contributed by atoms with E-state index in [0.29, 0.717) is 0 Å². The molecule has 3 rings (SSSR count). The van der Waals surface area contributed by atoms with E-state index < -0.39 is 23.4 Å². The maximum absolute atomic E-state index is 13.9. The van der Waals surface area contributed by atoms with Gasteiger partial charge >= 0.3 is 5.97 Å². The lowest BCUT2D eigenvalue weighted by atomic mass is 9.98. The predicted molar refractivity (Wildman–Crippen MR) is 61.2 cm³/mol. The third-order valence-electron chi connectivity index (χ3n) is 3.36. The highest BCUT2D eigenvalue weighted by Gasteiger charge is 2.36. The molecule has 19 heavy (non-hydrogen) atoms. The molecule has 0 amide bonds. The van der Waals surface area contributed by atoms with Gasteiger partial charge in [0, 0.05) is 18.7 Å². The minimum absolute atomic E-state index is 0.0345. The van der Waals surface area contributed by atoms with Crippen LogP contribution in [0.15, 0.2) is 17.8 Å². The van der Waals surface area contributed by atoms with Crippen molar-refractivity contribution >= 4 is 11.7 Å². The Bertz CT molecular complexity index is 608. The van der Waals surface area contributed by atoms with Crippen molar-refractivity contribution in [2.45, 2.75) is 25.3 Å². The maximum atomic E-state index is 13.9. The highest BCUT2D eigenvalue weighted by Crippen LogP contribution is 2.40. The van der Waals surface area contributed by atoms with E-state index in [2.05, 4.69) is 0 Å². The minimum Gasteiger partial charge on any atom is -0.478 e. The second kappa shape index (κ2) is 4.01. The van der Waals surface area contributed by atoms with E-state index in [-0.39, 0.29) is 29.3 Å². The van der Waals surface area contributed by atoms with Crippen LogP contribution < -0.4 is 4.90 Å². The first kappa shape index (κ1) is 12.1. The summed E-state index contributed by atoms with van der Waals surface area (Å²) in [7, 11) is 0. The topological polar surface area (TPSA) is 40.5 Å². The van der Waals surface area contributed by atoms with Crippen LogP contribution in [0.3, 0.4) is 0 Å².